The maximum Gasteiger partial charge on any atom is 0.328 e. The first-order valence-electron chi connectivity index (χ1n) is 6.14. The van der Waals surface area contributed by atoms with E-state index in [2.05, 4.69) is 6.92 Å². The summed E-state index contributed by atoms with van der Waals surface area (Å²) in [6, 6.07) is 0. The van der Waals surface area contributed by atoms with Crippen molar-refractivity contribution in [3.63, 3.8) is 0 Å². The molecule has 0 unspecified atom stereocenters. The zero-order valence-electron chi connectivity index (χ0n) is 10.7. The van der Waals surface area contributed by atoms with Gasteiger partial charge in [0, 0.05) is 23.4 Å². The standard InChI is InChI=1S/C11H17ClN2O4S/c1-2-3-4-5-6-7-14-8-9(19(12,17)18)10(15)13-11(14)16/h8H,2-7H2,1H3,(H,13,15,16). The second kappa shape index (κ2) is 6.91. The minimum atomic E-state index is -4.14. The summed E-state index contributed by atoms with van der Waals surface area (Å²) < 4.78 is 23.5. The van der Waals surface area contributed by atoms with Crippen LogP contribution in [0.1, 0.15) is 39.0 Å². The van der Waals surface area contributed by atoms with Gasteiger partial charge < -0.3 is 0 Å². The summed E-state index contributed by atoms with van der Waals surface area (Å²) in [5, 5.41) is 0. The average Bonchev–Trinajstić information content (AvgIpc) is 2.29. The lowest BCUT2D eigenvalue weighted by Crippen LogP contribution is -2.32. The maximum absolute atomic E-state index is 11.5. The minimum Gasteiger partial charge on any atom is -0.299 e. The van der Waals surface area contributed by atoms with Crippen LogP contribution in [0.25, 0.3) is 0 Å². The molecule has 8 heteroatoms. The Labute approximate surface area is 115 Å². The number of hydrogen-bond acceptors (Lipinski definition) is 4. The summed E-state index contributed by atoms with van der Waals surface area (Å²) in [6.45, 7) is 2.46. The first-order valence-corrected chi connectivity index (χ1v) is 8.45. The molecule has 0 atom stereocenters. The van der Waals surface area contributed by atoms with Crippen molar-refractivity contribution in [1.29, 1.82) is 0 Å². The van der Waals surface area contributed by atoms with Gasteiger partial charge in [-0.15, -0.1) is 0 Å². The van der Waals surface area contributed by atoms with Crippen molar-refractivity contribution in [3.8, 4) is 0 Å². The van der Waals surface area contributed by atoms with Gasteiger partial charge in [0.25, 0.3) is 14.6 Å². The predicted molar refractivity (Wildman–Crippen MR) is 73.1 cm³/mol. The molecule has 0 bridgehead atoms. The van der Waals surface area contributed by atoms with E-state index >= 15 is 0 Å². The van der Waals surface area contributed by atoms with Gasteiger partial charge in [0.15, 0.2) is 4.90 Å². The molecule has 1 N–H and O–H groups in total. The Morgan fingerprint density at radius 1 is 1.21 bits per heavy atom. The fourth-order valence-corrected chi connectivity index (χ4v) is 2.57. The molecule has 0 fully saturated rings. The molecule has 108 valence electrons. The molecule has 0 spiro atoms. The SMILES string of the molecule is CCCCCCCn1cc(S(=O)(=O)Cl)c(=O)[nH]c1=O. The Bertz CT molecular complexity index is 633. The van der Waals surface area contributed by atoms with Gasteiger partial charge in [0.2, 0.25) is 0 Å². The highest BCUT2D eigenvalue weighted by atomic mass is 35.7. The van der Waals surface area contributed by atoms with E-state index in [1.54, 1.807) is 0 Å². The summed E-state index contributed by atoms with van der Waals surface area (Å²) in [5.74, 6) is 0. The van der Waals surface area contributed by atoms with Crippen molar-refractivity contribution >= 4 is 19.7 Å². The number of rotatable bonds is 7. The molecule has 0 aliphatic heterocycles. The van der Waals surface area contributed by atoms with Crippen LogP contribution in [0, 0.1) is 0 Å². The van der Waals surface area contributed by atoms with Gasteiger partial charge in [0.1, 0.15) is 0 Å². The number of nitrogens with zero attached hydrogens (tertiary/aromatic N) is 1. The number of nitrogens with one attached hydrogen (secondary N) is 1. The fourth-order valence-electron chi connectivity index (χ4n) is 1.71. The summed E-state index contributed by atoms with van der Waals surface area (Å²) in [4.78, 5) is 24.2. The summed E-state index contributed by atoms with van der Waals surface area (Å²) in [6.07, 6.45) is 6.00. The molecule has 0 aliphatic carbocycles. The third kappa shape index (κ3) is 4.83. The molecule has 1 rings (SSSR count). The predicted octanol–water partition coefficient (Wildman–Crippen LogP) is 1.43. The van der Waals surface area contributed by atoms with Crippen molar-refractivity contribution in [1.82, 2.24) is 9.55 Å². The van der Waals surface area contributed by atoms with Crippen molar-refractivity contribution in [2.45, 2.75) is 50.5 Å². The molecule has 19 heavy (non-hydrogen) atoms. The number of hydrogen-bond donors (Lipinski definition) is 1. The maximum atomic E-state index is 11.5. The monoisotopic (exact) mass is 308 g/mol. The van der Waals surface area contributed by atoms with Crippen LogP contribution in [-0.4, -0.2) is 18.0 Å². The molecule has 1 aromatic heterocycles. The van der Waals surface area contributed by atoms with E-state index in [4.69, 9.17) is 10.7 Å². The third-order valence-electron chi connectivity index (χ3n) is 2.74. The number of H-pyrrole nitrogens is 1. The number of aromatic amines is 1. The smallest absolute Gasteiger partial charge is 0.299 e. The van der Waals surface area contributed by atoms with E-state index in [1.165, 1.54) is 4.57 Å². The molecule has 0 aromatic carbocycles. The molecule has 0 saturated carbocycles. The topological polar surface area (TPSA) is 89.0 Å². The molecule has 1 heterocycles. The zero-order valence-corrected chi connectivity index (χ0v) is 12.3. The van der Waals surface area contributed by atoms with Gasteiger partial charge in [0.05, 0.1) is 0 Å². The second-order valence-electron chi connectivity index (χ2n) is 4.30. The summed E-state index contributed by atoms with van der Waals surface area (Å²) >= 11 is 0. The Hall–Kier alpha value is -1.08. The van der Waals surface area contributed by atoms with Crippen LogP contribution in [0.2, 0.25) is 0 Å². The van der Waals surface area contributed by atoms with Crippen LogP contribution in [0.15, 0.2) is 20.7 Å². The molecule has 0 radical (unpaired) electrons. The Kier molecular flexibility index (Phi) is 5.81. The van der Waals surface area contributed by atoms with Gasteiger partial charge in [-0.2, -0.15) is 0 Å². The Morgan fingerprint density at radius 3 is 2.42 bits per heavy atom. The van der Waals surface area contributed by atoms with Crippen LogP contribution in [-0.2, 0) is 15.6 Å². The van der Waals surface area contributed by atoms with Crippen LogP contribution in [0.4, 0.5) is 0 Å². The number of aryl methyl sites for hydroxylation is 1. The highest BCUT2D eigenvalue weighted by Gasteiger charge is 2.16. The second-order valence-corrected chi connectivity index (χ2v) is 6.83. The first-order chi connectivity index (χ1) is 8.86. The van der Waals surface area contributed by atoms with Crippen molar-refractivity contribution in [3.05, 3.63) is 27.0 Å². The van der Waals surface area contributed by atoms with E-state index in [-0.39, 0.29) is 0 Å². The van der Waals surface area contributed by atoms with Gasteiger partial charge in [-0.05, 0) is 6.42 Å². The van der Waals surface area contributed by atoms with Crippen LogP contribution >= 0.6 is 10.7 Å². The molecular weight excluding hydrogens is 292 g/mol. The lowest BCUT2D eigenvalue weighted by Gasteiger charge is -2.06. The highest BCUT2D eigenvalue weighted by Crippen LogP contribution is 2.08. The van der Waals surface area contributed by atoms with Crippen LogP contribution < -0.4 is 11.2 Å². The number of halogens is 1. The van der Waals surface area contributed by atoms with Crippen molar-refractivity contribution in [2.75, 3.05) is 0 Å². The largest absolute Gasteiger partial charge is 0.328 e. The van der Waals surface area contributed by atoms with E-state index in [9.17, 15) is 18.0 Å². The van der Waals surface area contributed by atoms with Crippen LogP contribution in [0.3, 0.4) is 0 Å². The van der Waals surface area contributed by atoms with Crippen molar-refractivity contribution < 1.29 is 8.42 Å². The quantitative estimate of drug-likeness (QED) is 0.609. The van der Waals surface area contributed by atoms with E-state index in [1.807, 2.05) is 4.98 Å². The Morgan fingerprint density at radius 2 is 1.84 bits per heavy atom. The van der Waals surface area contributed by atoms with Gasteiger partial charge in [-0.1, -0.05) is 32.6 Å². The molecule has 0 amide bonds. The molecular formula is C11H17ClN2O4S. The minimum absolute atomic E-state index is 0.360. The van der Waals surface area contributed by atoms with Gasteiger partial charge in [-0.3, -0.25) is 14.3 Å². The summed E-state index contributed by atoms with van der Waals surface area (Å²) in [5.41, 5.74) is -1.60. The Balaban J connectivity index is 2.85. The van der Waals surface area contributed by atoms with Gasteiger partial charge in [-0.25, -0.2) is 13.2 Å². The highest BCUT2D eigenvalue weighted by molar-refractivity contribution is 8.13. The molecule has 6 nitrogen and oxygen atoms in total. The van der Waals surface area contributed by atoms with E-state index in [0.717, 1.165) is 38.3 Å². The average molecular weight is 309 g/mol. The lowest BCUT2D eigenvalue weighted by molar-refractivity contribution is 0.542. The molecule has 0 aliphatic rings. The normalized spacial score (nSPS) is 11.7. The summed E-state index contributed by atoms with van der Waals surface area (Å²) in [7, 11) is 0.984. The van der Waals surface area contributed by atoms with Gasteiger partial charge >= 0.3 is 5.69 Å². The fraction of sp³-hybridized carbons (Fsp3) is 0.636. The zero-order chi connectivity index (χ0) is 14.5. The molecule has 1 aromatic rings. The van der Waals surface area contributed by atoms with E-state index < -0.39 is 25.2 Å². The van der Waals surface area contributed by atoms with Crippen molar-refractivity contribution in [2.24, 2.45) is 0 Å². The number of unbranched alkanes of at least 4 members (excludes halogenated alkanes) is 4. The number of aromatic nitrogens is 2. The van der Waals surface area contributed by atoms with E-state index in [0.29, 0.717) is 6.54 Å². The lowest BCUT2D eigenvalue weighted by atomic mass is 10.1. The van der Waals surface area contributed by atoms with Crippen LogP contribution in [0.5, 0.6) is 0 Å². The third-order valence-corrected chi connectivity index (χ3v) is 4.06. The first kappa shape index (κ1) is 16.0. The molecule has 0 saturated heterocycles.